The highest BCUT2D eigenvalue weighted by Gasteiger charge is 2.31. The molecule has 0 fully saturated rings. The zero-order valence-electron chi connectivity index (χ0n) is 22.6. The number of carbonyl (C=O) groups is 3. The van der Waals surface area contributed by atoms with Gasteiger partial charge in [-0.15, -0.1) is 0 Å². The largest absolute Gasteiger partial charge is 0.381 e. The Morgan fingerprint density at radius 2 is 1.97 bits per heavy atom. The summed E-state index contributed by atoms with van der Waals surface area (Å²) in [6.07, 6.45) is 3.20. The van der Waals surface area contributed by atoms with Gasteiger partial charge in [-0.2, -0.15) is 0 Å². The molecule has 9 nitrogen and oxygen atoms in total. The molecule has 0 aliphatic carbocycles. The fourth-order valence-electron chi connectivity index (χ4n) is 4.89. The number of benzene rings is 1. The number of rotatable bonds is 8. The van der Waals surface area contributed by atoms with Crippen molar-refractivity contribution in [2.45, 2.75) is 53.1 Å². The fourth-order valence-corrected chi connectivity index (χ4v) is 4.89. The van der Waals surface area contributed by atoms with E-state index in [2.05, 4.69) is 34.4 Å². The molecule has 2 aromatic rings. The number of halogens is 1. The lowest BCUT2D eigenvalue weighted by Crippen LogP contribution is -2.38. The number of aryl methyl sites for hydroxylation is 1. The van der Waals surface area contributed by atoms with Gasteiger partial charge in [0.2, 0.25) is 0 Å². The lowest BCUT2D eigenvalue weighted by Gasteiger charge is -2.25. The normalized spacial score (nSPS) is 16.5. The van der Waals surface area contributed by atoms with Crippen LogP contribution in [0.1, 0.15) is 67.0 Å². The molecule has 0 atom stereocenters. The van der Waals surface area contributed by atoms with Gasteiger partial charge in [-0.25, -0.2) is 4.39 Å². The maximum absolute atomic E-state index is 14.9. The van der Waals surface area contributed by atoms with E-state index in [9.17, 15) is 23.9 Å². The second kappa shape index (κ2) is 10.7. The minimum absolute atomic E-state index is 0.0161. The Balaban J connectivity index is 1.63. The molecule has 1 aromatic heterocycles. The highest BCUT2D eigenvalue weighted by atomic mass is 19.1. The van der Waals surface area contributed by atoms with Crippen LogP contribution in [0.2, 0.25) is 0 Å². The lowest BCUT2D eigenvalue weighted by atomic mass is 10.0. The number of aromatic amines is 1. The summed E-state index contributed by atoms with van der Waals surface area (Å²) in [5.74, 6) is -1.93. The second-order valence-corrected chi connectivity index (χ2v) is 10.3. The van der Waals surface area contributed by atoms with E-state index in [0.717, 1.165) is 37.3 Å². The molecule has 1 aromatic carbocycles. The molecule has 0 spiro atoms. The van der Waals surface area contributed by atoms with Gasteiger partial charge in [-0.05, 0) is 70.5 Å². The zero-order chi connectivity index (χ0) is 27.8. The van der Waals surface area contributed by atoms with Crippen LogP contribution in [0.5, 0.6) is 0 Å². The topological polar surface area (TPSA) is 118 Å². The average molecular weight is 526 g/mol. The van der Waals surface area contributed by atoms with E-state index in [1.165, 1.54) is 26.0 Å². The number of amides is 3. The first-order valence-electron chi connectivity index (χ1n) is 13.1. The van der Waals surface area contributed by atoms with Crippen LogP contribution in [-0.2, 0) is 16.0 Å². The van der Waals surface area contributed by atoms with E-state index in [0.29, 0.717) is 42.0 Å². The van der Waals surface area contributed by atoms with Crippen LogP contribution in [0.25, 0.3) is 11.6 Å². The van der Waals surface area contributed by atoms with Gasteiger partial charge < -0.3 is 30.5 Å². The smallest absolute Gasteiger partial charge is 0.256 e. The molecule has 4 rings (SSSR count). The maximum Gasteiger partial charge on any atom is 0.256 e. The van der Waals surface area contributed by atoms with Gasteiger partial charge in [0.1, 0.15) is 11.4 Å². The molecule has 2 aliphatic heterocycles. The van der Waals surface area contributed by atoms with Gasteiger partial charge in [-0.3, -0.25) is 14.4 Å². The maximum atomic E-state index is 14.9. The molecular weight excluding hydrogens is 489 g/mol. The summed E-state index contributed by atoms with van der Waals surface area (Å²) in [6, 6.07) is 2.52. The van der Waals surface area contributed by atoms with Crippen molar-refractivity contribution in [2.24, 2.45) is 0 Å². The van der Waals surface area contributed by atoms with Crippen LogP contribution < -0.4 is 10.6 Å². The van der Waals surface area contributed by atoms with Gasteiger partial charge in [0, 0.05) is 36.6 Å². The van der Waals surface area contributed by atoms with Crippen molar-refractivity contribution < 1.29 is 23.9 Å². The molecule has 10 heteroatoms. The quantitative estimate of drug-likeness (QED) is 0.394. The Labute approximate surface area is 222 Å². The highest BCUT2D eigenvalue weighted by molar-refractivity contribution is 6.35. The van der Waals surface area contributed by atoms with Crippen LogP contribution in [0, 0.1) is 12.7 Å². The zero-order valence-corrected chi connectivity index (χ0v) is 22.6. The summed E-state index contributed by atoms with van der Waals surface area (Å²) in [7, 11) is 0. The Morgan fingerprint density at radius 3 is 2.63 bits per heavy atom. The van der Waals surface area contributed by atoms with E-state index < -0.39 is 23.2 Å². The third-order valence-electron chi connectivity index (χ3n) is 7.29. The number of anilines is 2. The summed E-state index contributed by atoms with van der Waals surface area (Å²) in [5, 5.41) is 14.9. The molecule has 0 radical (unpaired) electrons. The predicted molar refractivity (Wildman–Crippen MR) is 145 cm³/mol. The van der Waals surface area contributed by atoms with Crippen molar-refractivity contribution in [1.82, 2.24) is 14.8 Å². The van der Waals surface area contributed by atoms with Gasteiger partial charge in [0.25, 0.3) is 17.7 Å². The van der Waals surface area contributed by atoms with Crippen LogP contribution >= 0.6 is 0 Å². The highest BCUT2D eigenvalue weighted by Crippen LogP contribution is 2.37. The first-order valence-corrected chi connectivity index (χ1v) is 13.1. The SMILES string of the molecule is CCN(CC)CCN1CCCc2[nH]c(C=C3C(=O)Nc4cc(NC(=O)C(C)(C)O)c(F)cc43)c(C)c2C1=O. The van der Waals surface area contributed by atoms with Crippen molar-refractivity contribution in [3.63, 3.8) is 0 Å². The summed E-state index contributed by atoms with van der Waals surface area (Å²) >= 11 is 0. The molecule has 0 saturated heterocycles. The summed E-state index contributed by atoms with van der Waals surface area (Å²) in [4.78, 5) is 46.0. The first-order chi connectivity index (χ1) is 17.9. The molecule has 0 bridgehead atoms. The summed E-state index contributed by atoms with van der Waals surface area (Å²) in [5.41, 5.74) is 1.99. The minimum Gasteiger partial charge on any atom is -0.381 e. The van der Waals surface area contributed by atoms with Crippen LogP contribution in [0.4, 0.5) is 15.8 Å². The Hall–Kier alpha value is -3.50. The van der Waals surface area contributed by atoms with Gasteiger partial charge >= 0.3 is 0 Å². The number of hydrogen-bond donors (Lipinski definition) is 4. The Bertz CT molecular complexity index is 1300. The number of hydrogen-bond acceptors (Lipinski definition) is 5. The van der Waals surface area contributed by atoms with Crippen LogP contribution in [-0.4, -0.2) is 75.9 Å². The molecule has 38 heavy (non-hydrogen) atoms. The van der Waals surface area contributed by atoms with Crippen molar-refractivity contribution >= 4 is 40.7 Å². The van der Waals surface area contributed by atoms with E-state index in [-0.39, 0.29) is 17.2 Å². The van der Waals surface area contributed by atoms with Crippen molar-refractivity contribution in [2.75, 3.05) is 43.4 Å². The molecule has 2 aliphatic rings. The Kier molecular flexibility index (Phi) is 7.75. The monoisotopic (exact) mass is 525 g/mol. The number of nitrogens with one attached hydrogen (secondary N) is 3. The van der Waals surface area contributed by atoms with Gasteiger partial charge in [-0.1, -0.05) is 13.8 Å². The van der Waals surface area contributed by atoms with E-state index in [1.807, 2.05) is 11.8 Å². The summed E-state index contributed by atoms with van der Waals surface area (Å²) < 4.78 is 14.9. The van der Waals surface area contributed by atoms with E-state index in [4.69, 9.17) is 0 Å². The van der Waals surface area contributed by atoms with Crippen molar-refractivity contribution in [3.8, 4) is 0 Å². The van der Waals surface area contributed by atoms with Gasteiger partial charge in [0.15, 0.2) is 0 Å². The number of H-pyrrole nitrogens is 1. The number of fused-ring (bicyclic) bond motifs is 2. The van der Waals surface area contributed by atoms with Gasteiger partial charge in [0.05, 0.1) is 22.5 Å². The second-order valence-electron chi connectivity index (χ2n) is 10.3. The number of aromatic nitrogens is 1. The molecule has 0 saturated carbocycles. The number of nitrogens with zero attached hydrogens (tertiary/aromatic N) is 2. The predicted octanol–water partition coefficient (Wildman–Crippen LogP) is 3.39. The Morgan fingerprint density at radius 1 is 1.26 bits per heavy atom. The molecule has 0 unspecified atom stereocenters. The molecule has 3 heterocycles. The third-order valence-corrected chi connectivity index (χ3v) is 7.29. The van der Waals surface area contributed by atoms with Crippen molar-refractivity contribution in [3.05, 3.63) is 46.0 Å². The number of carbonyl (C=O) groups excluding carboxylic acids is 3. The third kappa shape index (κ3) is 5.37. The fraction of sp³-hybridized carbons (Fsp3) is 0.464. The standard InChI is InChI=1S/C28H36FN5O4/c1-6-33(7-2)11-12-34-10-8-9-20-24(26(34)36)16(3)21(30-20)14-18-17-13-19(29)23(15-22(17)31-25(18)35)32-27(37)28(4,5)38/h13-15,30,38H,6-12H2,1-5H3,(H,31,35)(H,32,37). The molecule has 3 amide bonds. The molecular formula is C28H36FN5O4. The van der Waals surface area contributed by atoms with Crippen LogP contribution in [0.15, 0.2) is 12.1 Å². The minimum atomic E-state index is -1.69. The lowest BCUT2D eigenvalue weighted by molar-refractivity contribution is -0.130. The summed E-state index contributed by atoms with van der Waals surface area (Å²) in [6.45, 7) is 12.7. The molecule has 4 N–H and O–H groups in total. The first kappa shape index (κ1) is 27.5. The average Bonchev–Trinajstić information content (AvgIpc) is 3.26. The van der Waals surface area contributed by atoms with Crippen molar-refractivity contribution in [1.29, 1.82) is 0 Å². The number of likely N-dealkylation sites (N-methyl/N-ethyl adjacent to an activating group) is 1. The van der Waals surface area contributed by atoms with E-state index >= 15 is 0 Å². The molecule has 204 valence electrons. The van der Waals surface area contributed by atoms with E-state index in [1.54, 1.807) is 6.08 Å². The van der Waals surface area contributed by atoms with Crippen LogP contribution in [0.3, 0.4) is 0 Å². The number of aliphatic hydroxyl groups is 1.